The molecule has 1 heterocycles. The van der Waals surface area contributed by atoms with Crippen molar-refractivity contribution in [2.45, 2.75) is 6.42 Å². The first-order chi connectivity index (χ1) is 13.9. The average molecular weight is 463 g/mol. The number of amides is 2. The second-order valence-corrected chi connectivity index (χ2v) is 7.99. The van der Waals surface area contributed by atoms with Gasteiger partial charge in [0.15, 0.2) is 18.1 Å². The predicted octanol–water partition coefficient (Wildman–Crippen LogP) is 2.15. The molecule has 1 aromatic rings. The van der Waals surface area contributed by atoms with Gasteiger partial charge in [0.05, 0.1) is 36.7 Å². The number of hydrogen-bond acceptors (Lipinski definition) is 7. The van der Waals surface area contributed by atoms with Crippen LogP contribution < -0.4 is 9.47 Å². The molecule has 4 rings (SSSR count). The number of benzene rings is 1. The minimum Gasteiger partial charge on any atom is -0.493 e. The van der Waals surface area contributed by atoms with E-state index < -0.39 is 5.97 Å². The number of fused-ring (bicyclic) bond motifs is 5. The van der Waals surface area contributed by atoms with E-state index in [9.17, 15) is 14.4 Å². The minimum absolute atomic E-state index is 0.141. The molecule has 9 heteroatoms. The first-order valence-electron chi connectivity index (χ1n) is 9.12. The van der Waals surface area contributed by atoms with Gasteiger partial charge in [-0.15, -0.1) is 0 Å². The van der Waals surface area contributed by atoms with Crippen molar-refractivity contribution in [1.82, 2.24) is 5.01 Å². The van der Waals surface area contributed by atoms with Gasteiger partial charge in [-0.05, 0) is 51.9 Å². The number of ether oxygens (including phenoxy) is 3. The van der Waals surface area contributed by atoms with E-state index in [1.807, 2.05) is 12.2 Å². The summed E-state index contributed by atoms with van der Waals surface area (Å²) in [6, 6.07) is 3.33. The lowest BCUT2D eigenvalue weighted by molar-refractivity contribution is -0.143. The van der Waals surface area contributed by atoms with Crippen molar-refractivity contribution in [3.05, 3.63) is 34.3 Å². The zero-order valence-electron chi connectivity index (χ0n) is 15.8. The fourth-order valence-corrected chi connectivity index (χ4v) is 4.84. The molecule has 4 atom stereocenters. The molecule has 2 aliphatic carbocycles. The molecule has 0 radical (unpaired) electrons. The summed E-state index contributed by atoms with van der Waals surface area (Å²) in [6.45, 7) is -0.269. The first-order valence-corrected chi connectivity index (χ1v) is 9.91. The Kier molecular flexibility index (Phi) is 5.16. The number of methoxy groups -OCH3 is 2. The highest BCUT2D eigenvalue weighted by Gasteiger charge is 2.59. The average Bonchev–Trinajstić information content (AvgIpc) is 3.39. The van der Waals surface area contributed by atoms with Crippen molar-refractivity contribution in [3.63, 3.8) is 0 Å². The van der Waals surface area contributed by atoms with Crippen LogP contribution in [0.2, 0.25) is 0 Å². The largest absolute Gasteiger partial charge is 0.493 e. The molecule has 4 unspecified atom stereocenters. The van der Waals surface area contributed by atoms with Gasteiger partial charge in [-0.25, -0.2) is 4.79 Å². The van der Waals surface area contributed by atoms with Crippen molar-refractivity contribution in [2.75, 3.05) is 20.8 Å². The Bertz CT molecular complexity index is 913. The Hall–Kier alpha value is -2.68. The summed E-state index contributed by atoms with van der Waals surface area (Å²) < 4.78 is 15.9. The highest BCUT2D eigenvalue weighted by Crippen LogP contribution is 2.52. The number of rotatable bonds is 6. The van der Waals surface area contributed by atoms with Gasteiger partial charge in [0.25, 0.3) is 11.8 Å². The van der Waals surface area contributed by atoms with Crippen molar-refractivity contribution in [1.29, 1.82) is 0 Å². The maximum atomic E-state index is 12.7. The normalized spacial score (nSPS) is 27.1. The minimum atomic E-state index is -0.523. The fourth-order valence-electron chi connectivity index (χ4n) is 4.27. The SMILES string of the molecule is COC(=O)COc1c(Br)cc(C=NN2C(=O)C3C4C=CC(C4)C3C2=O)cc1OC. The van der Waals surface area contributed by atoms with Crippen LogP contribution in [0.4, 0.5) is 0 Å². The van der Waals surface area contributed by atoms with Crippen LogP contribution in [-0.4, -0.2) is 49.8 Å². The summed E-state index contributed by atoms with van der Waals surface area (Å²) in [7, 11) is 2.74. The molecule has 0 N–H and O–H groups in total. The van der Waals surface area contributed by atoms with Crippen LogP contribution in [0.5, 0.6) is 11.5 Å². The van der Waals surface area contributed by atoms with E-state index in [2.05, 4.69) is 25.8 Å². The van der Waals surface area contributed by atoms with E-state index in [1.165, 1.54) is 20.4 Å². The molecule has 1 aromatic carbocycles. The topological polar surface area (TPSA) is 94.5 Å². The zero-order chi connectivity index (χ0) is 20.7. The number of nitrogens with zero attached hydrogens (tertiary/aromatic N) is 2. The summed E-state index contributed by atoms with van der Waals surface area (Å²) >= 11 is 3.38. The lowest BCUT2D eigenvalue weighted by Crippen LogP contribution is -2.28. The van der Waals surface area contributed by atoms with Gasteiger partial charge in [0.2, 0.25) is 0 Å². The maximum Gasteiger partial charge on any atom is 0.343 e. The van der Waals surface area contributed by atoms with E-state index in [-0.39, 0.29) is 42.1 Å². The van der Waals surface area contributed by atoms with Crippen molar-refractivity contribution < 1.29 is 28.6 Å². The Balaban J connectivity index is 1.53. The first kappa shape index (κ1) is 19.6. The Labute approximate surface area is 175 Å². The van der Waals surface area contributed by atoms with Crippen LogP contribution in [0.1, 0.15) is 12.0 Å². The van der Waals surface area contributed by atoms with E-state index in [0.717, 1.165) is 11.4 Å². The van der Waals surface area contributed by atoms with Gasteiger partial charge in [0.1, 0.15) is 0 Å². The second kappa shape index (κ2) is 7.62. The number of hydrazone groups is 1. The smallest absolute Gasteiger partial charge is 0.343 e. The van der Waals surface area contributed by atoms with Crippen LogP contribution in [0.15, 0.2) is 33.9 Å². The molecule has 8 nitrogen and oxygen atoms in total. The van der Waals surface area contributed by atoms with E-state index in [4.69, 9.17) is 9.47 Å². The van der Waals surface area contributed by atoms with E-state index in [0.29, 0.717) is 21.5 Å². The lowest BCUT2D eigenvalue weighted by Gasteiger charge is -2.13. The number of esters is 1. The third kappa shape index (κ3) is 3.33. The van der Waals surface area contributed by atoms with Crippen LogP contribution in [0, 0.1) is 23.7 Å². The molecular formula is C20H19BrN2O6. The van der Waals surface area contributed by atoms with Crippen LogP contribution in [-0.2, 0) is 19.1 Å². The van der Waals surface area contributed by atoms with Crippen LogP contribution >= 0.6 is 15.9 Å². The highest BCUT2D eigenvalue weighted by atomic mass is 79.9. The zero-order valence-corrected chi connectivity index (χ0v) is 17.4. The summed E-state index contributed by atoms with van der Waals surface area (Å²) in [4.78, 5) is 36.7. The van der Waals surface area contributed by atoms with Crippen LogP contribution in [0.25, 0.3) is 0 Å². The van der Waals surface area contributed by atoms with Crippen molar-refractivity contribution in [3.8, 4) is 11.5 Å². The summed E-state index contributed by atoms with van der Waals surface area (Å²) in [5.41, 5.74) is 0.595. The summed E-state index contributed by atoms with van der Waals surface area (Å²) in [5.74, 6) is -0.596. The molecule has 3 aliphatic rings. The molecule has 2 bridgehead atoms. The van der Waals surface area contributed by atoms with Gasteiger partial charge in [-0.1, -0.05) is 12.2 Å². The van der Waals surface area contributed by atoms with Crippen molar-refractivity contribution >= 4 is 39.9 Å². The molecule has 152 valence electrons. The molecule has 2 fully saturated rings. The molecular weight excluding hydrogens is 444 g/mol. The number of carbonyl (C=O) groups excluding carboxylic acids is 3. The number of imide groups is 1. The van der Waals surface area contributed by atoms with Gasteiger partial charge < -0.3 is 14.2 Å². The molecule has 1 saturated carbocycles. The highest BCUT2D eigenvalue weighted by molar-refractivity contribution is 9.10. The molecule has 1 aliphatic heterocycles. The standard InChI is InChI=1S/C20H19BrN2O6/c1-27-14-6-10(5-13(21)18(14)29-9-15(24)28-2)8-22-23-19(25)16-11-3-4-12(7-11)17(16)20(23)26/h3-6,8,11-12,16-17H,7,9H2,1-2H3. The maximum absolute atomic E-state index is 12.7. The van der Waals surface area contributed by atoms with Gasteiger partial charge in [-0.3, -0.25) is 9.59 Å². The number of allylic oxidation sites excluding steroid dienone is 2. The summed E-state index contributed by atoms with van der Waals surface area (Å²) in [5, 5.41) is 5.15. The van der Waals surface area contributed by atoms with E-state index >= 15 is 0 Å². The quantitative estimate of drug-likeness (QED) is 0.278. The van der Waals surface area contributed by atoms with Crippen molar-refractivity contribution in [2.24, 2.45) is 28.8 Å². The predicted molar refractivity (Wildman–Crippen MR) is 105 cm³/mol. The van der Waals surface area contributed by atoms with Gasteiger partial charge in [0, 0.05) is 0 Å². The van der Waals surface area contributed by atoms with Gasteiger partial charge >= 0.3 is 5.97 Å². The number of halogens is 1. The lowest BCUT2D eigenvalue weighted by atomic mass is 9.85. The third-order valence-corrected chi connectivity index (χ3v) is 6.17. The fraction of sp³-hybridized carbons (Fsp3) is 0.400. The van der Waals surface area contributed by atoms with Crippen LogP contribution in [0.3, 0.4) is 0 Å². The molecule has 0 aromatic heterocycles. The Morgan fingerprint density at radius 1 is 1.21 bits per heavy atom. The Morgan fingerprint density at radius 2 is 1.86 bits per heavy atom. The molecule has 29 heavy (non-hydrogen) atoms. The Morgan fingerprint density at radius 3 is 2.45 bits per heavy atom. The second-order valence-electron chi connectivity index (χ2n) is 7.13. The number of carbonyl (C=O) groups is 3. The number of hydrogen-bond donors (Lipinski definition) is 0. The molecule has 1 saturated heterocycles. The van der Waals surface area contributed by atoms with E-state index in [1.54, 1.807) is 12.1 Å². The molecule has 0 spiro atoms. The third-order valence-electron chi connectivity index (χ3n) is 5.58. The summed E-state index contributed by atoms with van der Waals surface area (Å²) in [6.07, 6.45) is 6.39. The monoisotopic (exact) mass is 462 g/mol. The van der Waals surface area contributed by atoms with Gasteiger partial charge in [-0.2, -0.15) is 10.1 Å². The molecule has 2 amide bonds.